The average Bonchev–Trinajstić information content (AvgIpc) is 3.19. The molecule has 0 saturated heterocycles. The summed E-state index contributed by atoms with van der Waals surface area (Å²) in [7, 11) is 0. The van der Waals surface area contributed by atoms with Crippen LogP contribution in [-0.2, 0) is 11.8 Å². The van der Waals surface area contributed by atoms with E-state index in [4.69, 9.17) is 4.98 Å². The molecule has 2 N–H and O–H groups in total. The molecule has 4 aromatic rings. The van der Waals surface area contributed by atoms with Gasteiger partial charge in [-0.25, -0.2) is 4.98 Å². The van der Waals surface area contributed by atoms with Crippen LogP contribution >= 0.6 is 0 Å². The SMILES string of the molecule is C[C@H](O)Cc1c[nH]c(C(c2ccccc2)(c2ccccc2)c2ccccc2)n1. The predicted octanol–water partition coefficient (Wildman–Crippen LogP) is 4.72. The average molecular weight is 368 g/mol. The smallest absolute Gasteiger partial charge is 0.126 e. The number of nitrogens with one attached hydrogen (secondary N) is 1. The topological polar surface area (TPSA) is 48.9 Å². The van der Waals surface area contributed by atoms with Gasteiger partial charge in [0.2, 0.25) is 0 Å². The molecule has 0 unspecified atom stereocenters. The van der Waals surface area contributed by atoms with E-state index < -0.39 is 11.5 Å². The Morgan fingerprint density at radius 1 is 0.786 bits per heavy atom. The van der Waals surface area contributed by atoms with E-state index in [1.807, 2.05) is 24.4 Å². The number of aromatic nitrogens is 2. The number of imidazole rings is 1. The van der Waals surface area contributed by atoms with Gasteiger partial charge in [0.15, 0.2) is 0 Å². The fourth-order valence-corrected chi connectivity index (χ4v) is 3.93. The molecule has 0 aliphatic carbocycles. The molecule has 0 spiro atoms. The summed E-state index contributed by atoms with van der Waals surface area (Å²) in [6.07, 6.45) is 1.99. The number of benzene rings is 3. The second-order valence-corrected chi connectivity index (χ2v) is 7.14. The van der Waals surface area contributed by atoms with E-state index in [2.05, 4.69) is 77.8 Å². The third-order valence-corrected chi connectivity index (χ3v) is 5.11. The molecular formula is C25H24N2O. The molecule has 0 saturated carbocycles. The minimum absolute atomic E-state index is 0.435. The quantitative estimate of drug-likeness (QED) is 0.484. The molecular weight excluding hydrogens is 344 g/mol. The summed E-state index contributed by atoms with van der Waals surface area (Å²) >= 11 is 0. The number of hydrogen-bond donors (Lipinski definition) is 2. The summed E-state index contributed by atoms with van der Waals surface area (Å²) in [6.45, 7) is 1.78. The number of aliphatic hydroxyl groups excluding tert-OH is 1. The molecule has 1 aromatic heterocycles. The Labute approximate surface area is 165 Å². The molecule has 0 radical (unpaired) electrons. The van der Waals surface area contributed by atoms with Crippen LogP contribution in [0.3, 0.4) is 0 Å². The van der Waals surface area contributed by atoms with Gasteiger partial charge in [0.05, 0.1) is 11.8 Å². The minimum Gasteiger partial charge on any atom is -0.393 e. The third kappa shape index (κ3) is 3.25. The van der Waals surface area contributed by atoms with Gasteiger partial charge in [0.25, 0.3) is 0 Å². The van der Waals surface area contributed by atoms with Crippen molar-refractivity contribution in [2.24, 2.45) is 0 Å². The Hall–Kier alpha value is -3.17. The van der Waals surface area contributed by atoms with Crippen molar-refractivity contribution in [3.8, 4) is 0 Å². The first-order valence-electron chi connectivity index (χ1n) is 9.60. The summed E-state index contributed by atoms with van der Waals surface area (Å²) in [5.41, 5.74) is 3.72. The van der Waals surface area contributed by atoms with E-state index in [9.17, 15) is 5.11 Å². The lowest BCUT2D eigenvalue weighted by Gasteiger charge is -2.34. The number of nitrogens with zero attached hydrogens (tertiary/aromatic N) is 1. The number of aromatic amines is 1. The Bertz CT molecular complexity index is 911. The van der Waals surface area contributed by atoms with Crippen LogP contribution in [0, 0.1) is 0 Å². The minimum atomic E-state index is -0.569. The normalized spacial score (nSPS) is 12.6. The fraction of sp³-hybridized carbons (Fsp3) is 0.160. The lowest BCUT2D eigenvalue weighted by Crippen LogP contribution is -2.32. The number of rotatable bonds is 6. The molecule has 3 heteroatoms. The first-order valence-corrected chi connectivity index (χ1v) is 9.60. The standard InChI is InChI=1S/C25H24N2O/c1-19(28)17-23-18-26-24(27-23)25(20-11-5-2-6-12-20,21-13-7-3-8-14-21)22-15-9-4-10-16-22/h2-16,18-19,28H,17H2,1H3,(H,26,27)/t19-/m0/s1. The van der Waals surface area contributed by atoms with Crippen molar-refractivity contribution in [1.82, 2.24) is 9.97 Å². The number of aliphatic hydroxyl groups is 1. The molecule has 28 heavy (non-hydrogen) atoms. The van der Waals surface area contributed by atoms with E-state index in [0.29, 0.717) is 6.42 Å². The first-order chi connectivity index (χ1) is 13.7. The largest absolute Gasteiger partial charge is 0.393 e. The molecule has 1 atom stereocenters. The van der Waals surface area contributed by atoms with E-state index in [1.165, 1.54) is 0 Å². The summed E-state index contributed by atoms with van der Waals surface area (Å²) < 4.78 is 0. The lowest BCUT2D eigenvalue weighted by molar-refractivity contribution is 0.194. The number of hydrogen-bond acceptors (Lipinski definition) is 2. The van der Waals surface area contributed by atoms with Crippen molar-refractivity contribution in [3.05, 3.63) is 125 Å². The van der Waals surface area contributed by atoms with E-state index in [0.717, 1.165) is 28.2 Å². The first kappa shape index (κ1) is 18.2. The monoisotopic (exact) mass is 368 g/mol. The van der Waals surface area contributed by atoms with Crippen LogP contribution < -0.4 is 0 Å². The second-order valence-electron chi connectivity index (χ2n) is 7.14. The van der Waals surface area contributed by atoms with Crippen LogP contribution in [0.15, 0.2) is 97.2 Å². The van der Waals surface area contributed by atoms with Crippen LogP contribution in [0.5, 0.6) is 0 Å². The van der Waals surface area contributed by atoms with Crippen molar-refractivity contribution >= 4 is 0 Å². The molecule has 0 amide bonds. The molecule has 1 heterocycles. The molecule has 0 bridgehead atoms. The van der Waals surface area contributed by atoms with Gasteiger partial charge in [-0.1, -0.05) is 91.0 Å². The Morgan fingerprint density at radius 3 is 1.61 bits per heavy atom. The van der Waals surface area contributed by atoms with Gasteiger partial charge in [-0.05, 0) is 23.6 Å². The maximum Gasteiger partial charge on any atom is 0.126 e. The van der Waals surface area contributed by atoms with Crippen LogP contribution in [0.1, 0.15) is 35.1 Å². The van der Waals surface area contributed by atoms with E-state index in [-0.39, 0.29) is 0 Å². The summed E-state index contributed by atoms with van der Waals surface area (Å²) in [5.74, 6) is 0.853. The number of H-pyrrole nitrogens is 1. The molecule has 140 valence electrons. The summed E-state index contributed by atoms with van der Waals surface area (Å²) in [6, 6.07) is 31.4. The van der Waals surface area contributed by atoms with E-state index >= 15 is 0 Å². The fourth-order valence-electron chi connectivity index (χ4n) is 3.93. The van der Waals surface area contributed by atoms with E-state index in [1.54, 1.807) is 6.92 Å². The maximum atomic E-state index is 9.82. The molecule has 3 aromatic carbocycles. The molecule has 0 aliphatic rings. The summed E-state index contributed by atoms with van der Waals surface area (Å²) in [5, 5.41) is 9.82. The zero-order chi connectivity index (χ0) is 19.4. The van der Waals surface area contributed by atoms with Crippen LogP contribution in [-0.4, -0.2) is 21.2 Å². The lowest BCUT2D eigenvalue weighted by atomic mass is 9.69. The van der Waals surface area contributed by atoms with Crippen molar-refractivity contribution in [1.29, 1.82) is 0 Å². The van der Waals surface area contributed by atoms with Gasteiger partial charge >= 0.3 is 0 Å². The van der Waals surface area contributed by atoms with Crippen LogP contribution in [0.2, 0.25) is 0 Å². The van der Waals surface area contributed by atoms with Gasteiger partial charge in [-0.15, -0.1) is 0 Å². The van der Waals surface area contributed by atoms with Gasteiger partial charge in [-0.3, -0.25) is 0 Å². The molecule has 0 aliphatic heterocycles. The van der Waals surface area contributed by atoms with Gasteiger partial charge in [0.1, 0.15) is 11.2 Å². The zero-order valence-electron chi connectivity index (χ0n) is 15.9. The van der Waals surface area contributed by atoms with Crippen LogP contribution in [0.25, 0.3) is 0 Å². The van der Waals surface area contributed by atoms with Gasteiger partial charge in [-0.2, -0.15) is 0 Å². The highest BCUT2D eigenvalue weighted by molar-refractivity contribution is 5.56. The third-order valence-electron chi connectivity index (χ3n) is 5.11. The van der Waals surface area contributed by atoms with Gasteiger partial charge < -0.3 is 10.1 Å². The molecule has 4 rings (SSSR count). The summed E-state index contributed by atoms with van der Waals surface area (Å²) in [4.78, 5) is 8.36. The highest BCUT2D eigenvalue weighted by atomic mass is 16.3. The molecule has 0 fully saturated rings. The second kappa shape index (κ2) is 7.83. The maximum absolute atomic E-state index is 9.82. The van der Waals surface area contributed by atoms with Gasteiger partial charge in [0, 0.05) is 12.6 Å². The Balaban J connectivity index is 2.03. The van der Waals surface area contributed by atoms with Crippen molar-refractivity contribution in [3.63, 3.8) is 0 Å². The van der Waals surface area contributed by atoms with Crippen LogP contribution in [0.4, 0.5) is 0 Å². The Kier molecular flexibility index (Phi) is 5.09. The Morgan fingerprint density at radius 2 is 1.21 bits per heavy atom. The van der Waals surface area contributed by atoms with Crippen molar-refractivity contribution in [2.45, 2.75) is 24.9 Å². The highest BCUT2D eigenvalue weighted by Crippen LogP contribution is 2.43. The highest BCUT2D eigenvalue weighted by Gasteiger charge is 2.40. The molecule has 3 nitrogen and oxygen atoms in total. The zero-order valence-corrected chi connectivity index (χ0v) is 15.9. The van der Waals surface area contributed by atoms with Crippen molar-refractivity contribution < 1.29 is 5.11 Å². The van der Waals surface area contributed by atoms with Crippen molar-refractivity contribution in [2.75, 3.05) is 0 Å². The predicted molar refractivity (Wildman–Crippen MR) is 112 cm³/mol.